The number of hydrogen-bond acceptors (Lipinski definition) is 21. The highest BCUT2D eigenvalue weighted by Crippen LogP contribution is 2.16. The van der Waals surface area contributed by atoms with E-state index in [1.54, 1.807) is 37.4 Å². The molecule has 0 heterocycles. The van der Waals surface area contributed by atoms with Crippen molar-refractivity contribution in [2.24, 2.45) is 23.7 Å². The average Bonchev–Trinajstić information content (AvgIpc) is 3.46. The first-order chi connectivity index (χ1) is 39.5. The van der Waals surface area contributed by atoms with E-state index < -0.39 is 23.9 Å². The molecule has 0 saturated heterocycles. The van der Waals surface area contributed by atoms with E-state index in [0.29, 0.717) is 89.5 Å². The fourth-order valence-electron chi connectivity index (χ4n) is 7.92. The predicted octanol–water partition coefficient (Wildman–Crippen LogP) is 9.76. The number of esters is 8. The molecule has 0 amide bonds. The minimum atomic E-state index is -0.456. The molecule has 0 N–H and O–H groups in total. The zero-order valence-electron chi connectivity index (χ0n) is 52.3. The molecule has 0 aromatic carbocycles. The second-order valence-corrected chi connectivity index (χ2v) is 23.7. The first-order valence-corrected chi connectivity index (χ1v) is 33.4. The van der Waals surface area contributed by atoms with Crippen LogP contribution in [0.1, 0.15) is 184 Å². The van der Waals surface area contributed by atoms with Crippen LogP contribution in [0.25, 0.3) is 0 Å². The molecular formula is C61H111N3O16S2. The molecule has 0 rings (SSSR count). The molecule has 19 nitrogen and oxygen atoms in total. The Hall–Kier alpha value is -3.66. The third-order valence-electron chi connectivity index (χ3n) is 13.8. The van der Waals surface area contributed by atoms with Crippen molar-refractivity contribution in [3.8, 4) is 0 Å². The third-order valence-corrected chi connectivity index (χ3v) is 16.4. The Morgan fingerprint density at radius 3 is 0.890 bits per heavy atom. The molecule has 0 saturated carbocycles. The maximum absolute atomic E-state index is 12.9. The summed E-state index contributed by atoms with van der Waals surface area (Å²) in [5, 5.41) is 0. The van der Waals surface area contributed by atoms with Gasteiger partial charge in [0.1, 0.15) is 52.9 Å². The van der Waals surface area contributed by atoms with Crippen molar-refractivity contribution >= 4 is 71.3 Å². The molecule has 0 aliphatic heterocycles. The molecular weight excluding hydrogens is 1090 g/mol. The van der Waals surface area contributed by atoms with Gasteiger partial charge in [-0.3, -0.25) is 38.4 Å². The molecule has 0 radical (unpaired) electrons. The SMILES string of the molecule is CCCCCCCCSCC(C)C(=O)OCCOC(=O)CCN(CCCN(C)CCCN(CCC(=O)OCCOC(=O)C(C)CC)CCC(=O)OCCOC(=O)C(C)CC)CCC(=O)OCCOC(=O)C(C)CSCCCCCCCC. The van der Waals surface area contributed by atoms with Crippen LogP contribution < -0.4 is 0 Å². The number of rotatable bonds is 56. The molecule has 478 valence electrons. The summed E-state index contributed by atoms with van der Waals surface area (Å²) < 4.78 is 42.6. The molecule has 0 aliphatic carbocycles. The summed E-state index contributed by atoms with van der Waals surface area (Å²) in [4.78, 5) is 106. The van der Waals surface area contributed by atoms with Crippen LogP contribution >= 0.6 is 23.5 Å². The Balaban J connectivity index is 5.32. The number of nitrogens with zero attached hydrogens (tertiary/aromatic N) is 3. The van der Waals surface area contributed by atoms with Gasteiger partial charge in [0.25, 0.3) is 0 Å². The van der Waals surface area contributed by atoms with Crippen molar-refractivity contribution in [2.45, 2.75) is 184 Å². The standard InChI is InChI=1S/C61H111N3O16S2/c1-10-14-16-18-20-22-46-81-48-52(7)60(71)79-44-40-75-56(67)28-36-64(37-29-57(68)76-41-45-80-61(72)53(8)49-82-47-23-21-19-17-15-11-2)33-25-31-62(9)30-24-32-63(34-26-54(65)73-38-42-77-58(69)50(5)12-3)35-27-55(66)74-39-43-78-59(70)51(6)13-4/h50-53H,10-49H2,1-9H3. The molecule has 0 bridgehead atoms. The van der Waals surface area contributed by atoms with Gasteiger partial charge < -0.3 is 52.6 Å². The number of carbonyl (C=O) groups is 8. The molecule has 4 atom stereocenters. The van der Waals surface area contributed by atoms with Crippen LogP contribution in [0, 0.1) is 23.7 Å². The molecule has 4 unspecified atom stereocenters. The van der Waals surface area contributed by atoms with E-state index in [1.165, 1.54) is 64.2 Å². The van der Waals surface area contributed by atoms with E-state index in [4.69, 9.17) is 37.9 Å². The van der Waals surface area contributed by atoms with E-state index in [1.807, 2.05) is 44.5 Å². The Bertz CT molecular complexity index is 1590. The van der Waals surface area contributed by atoms with Crippen LogP contribution in [-0.2, 0) is 76.3 Å². The zero-order valence-corrected chi connectivity index (χ0v) is 53.9. The Labute approximate surface area is 502 Å². The van der Waals surface area contributed by atoms with Gasteiger partial charge in [-0.25, -0.2) is 0 Å². The van der Waals surface area contributed by atoms with Crippen LogP contribution in [0.4, 0.5) is 0 Å². The highest BCUT2D eigenvalue weighted by atomic mass is 32.2. The van der Waals surface area contributed by atoms with E-state index in [9.17, 15) is 38.4 Å². The van der Waals surface area contributed by atoms with Crippen molar-refractivity contribution in [1.82, 2.24) is 14.7 Å². The minimum Gasteiger partial charge on any atom is -0.462 e. The Kier molecular flexibility index (Phi) is 51.6. The monoisotopic (exact) mass is 1210 g/mol. The fourth-order valence-corrected chi connectivity index (χ4v) is 10.0. The van der Waals surface area contributed by atoms with Gasteiger partial charge in [-0.15, -0.1) is 0 Å². The van der Waals surface area contributed by atoms with Crippen molar-refractivity contribution < 1.29 is 76.3 Å². The second-order valence-electron chi connectivity index (χ2n) is 21.4. The molecule has 82 heavy (non-hydrogen) atoms. The summed E-state index contributed by atoms with van der Waals surface area (Å²) in [5.41, 5.74) is 0. The first kappa shape index (κ1) is 78.3. The highest BCUT2D eigenvalue weighted by molar-refractivity contribution is 7.99. The fraction of sp³-hybridized carbons (Fsp3) is 0.869. The first-order valence-electron chi connectivity index (χ1n) is 31.0. The van der Waals surface area contributed by atoms with E-state index in [2.05, 4.69) is 18.7 Å². The van der Waals surface area contributed by atoms with Gasteiger partial charge in [-0.1, -0.05) is 120 Å². The maximum Gasteiger partial charge on any atom is 0.309 e. The molecule has 0 aromatic heterocycles. The summed E-state index contributed by atoms with van der Waals surface area (Å²) in [6.07, 6.45) is 17.7. The average molecular weight is 1210 g/mol. The molecule has 0 aliphatic rings. The molecule has 0 aromatic rings. The normalized spacial score (nSPS) is 12.8. The smallest absolute Gasteiger partial charge is 0.309 e. The second kappa shape index (κ2) is 54.0. The Morgan fingerprint density at radius 1 is 0.329 bits per heavy atom. The van der Waals surface area contributed by atoms with Crippen LogP contribution in [0.2, 0.25) is 0 Å². The summed E-state index contributed by atoms with van der Waals surface area (Å²) >= 11 is 3.52. The number of unbranched alkanes of at least 4 members (excludes halogenated alkanes) is 10. The van der Waals surface area contributed by atoms with E-state index in [-0.39, 0.29) is 126 Å². The number of ether oxygens (including phenoxy) is 8. The predicted molar refractivity (Wildman–Crippen MR) is 324 cm³/mol. The van der Waals surface area contributed by atoms with Crippen molar-refractivity contribution in [1.29, 1.82) is 0 Å². The van der Waals surface area contributed by atoms with Crippen LogP contribution in [0.3, 0.4) is 0 Å². The van der Waals surface area contributed by atoms with Gasteiger partial charge in [-0.2, -0.15) is 23.5 Å². The molecule has 0 spiro atoms. The van der Waals surface area contributed by atoms with Crippen LogP contribution in [-0.4, -0.2) is 198 Å². The summed E-state index contributed by atoms with van der Waals surface area (Å²) in [5.74, 6) is -0.720. The van der Waals surface area contributed by atoms with Gasteiger partial charge in [-0.05, 0) is 83.3 Å². The largest absolute Gasteiger partial charge is 0.462 e. The van der Waals surface area contributed by atoms with Gasteiger partial charge in [0, 0.05) is 37.7 Å². The lowest BCUT2D eigenvalue weighted by atomic mass is 10.1. The lowest BCUT2D eigenvalue weighted by molar-refractivity contribution is -0.155. The van der Waals surface area contributed by atoms with Gasteiger partial charge in [0.05, 0.1) is 49.4 Å². The summed E-state index contributed by atoms with van der Waals surface area (Å²) in [6, 6.07) is 0. The minimum absolute atomic E-state index is 0.0283. The van der Waals surface area contributed by atoms with Gasteiger partial charge >= 0.3 is 47.8 Å². The van der Waals surface area contributed by atoms with Crippen molar-refractivity contribution in [3.63, 3.8) is 0 Å². The topological polar surface area (TPSA) is 220 Å². The molecule has 0 fully saturated rings. The summed E-state index contributed by atoms with van der Waals surface area (Å²) in [6.45, 7) is 18.9. The van der Waals surface area contributed by atoms with Crippen molar-refractivity contribution in [3.05, 3.63) is 0 Å². The molecule has 21 heteroatoms. The highest BCUT2D eigenvalue weighted by Gasteiger charge is 2.20. The van der Waals surface area contributed by atoms with Crippen molar-refractivity contribution in [2.75, 3.05) is 135 Å². The van der Waals surface area contributed by atoms with Gasteiger partial charge in [0.15, 0.2) is 0 Å². The number of carbonyl (C=O) groups excluding carboxylic acids is 8. The Morgan fingerprint density at radius 2 is 0.598 bits per heavy atom. The maximum atomic E-state index is 12.9. The van der Waals surface area contributed by atoms with Gasteiger partial charge in [0.2, 0.25) is 0 Å². The quantitative estimate of drug-likeness (QED) is 0.0314. The lowest BCUT2D eigenvalue weighted by Crippen LogP contribution is -2.34. The zero-order chi connectivity index (χ0) is 61.0. The van der Waals surface area contributed by atoms with Crippen LogP contribution in [0.5, 0.6) is 0 Å². The number of thioether (sulfide) groups is 2. The lowest BCUT2D eigenvalue weighted by Gasteiger charge is -2.25. The van der Waals surface area contributed by atoms with Crippen LogP contribution in [0.15, 0.2) is 0 Å². The van der Waals surface area contributed by atoms with E-state index in [0.717, 1.165) is 24.3 Å². The third kappa shape index (κ3) is 46.7. The number of hydrogen-bond donors (Lipinski definition) is 0. The summed E-state index contributed by atoms with van der Waals surface area (Å²) in [7, 11) is 1.99. The van der Waals surface area contributed by atoms with E-state index >= 15 is 0 Å².